The number of alkyl halides is 12. The number of ether oxygens (including phenoxy) is 1. The summed E-state index contributed by atoms with van der Waals surface area (Å²) in [5.74, 6) is 0.504. The van der Waals surface area contributed by atoms with Crippen LogP contribution in [0.3, 0.4) is 0 Å². The Morgan fingerprint density at radius 1 is 0.729 bits per heavy atom. The molecule has 0 radical (unpaired) electrons. The monoisotopic (exact) mass is 839 g/mol. The van der Waals surface area contributed by atoms with Crippen molar-refractivity contribution in [3.8, 4) is 28.0 Å². The highest BCUT2D eigenvalue weighted by Gasteiger charge is 2.54. The van der Waals surface area contributed by atoms with Crippen LogP contribution in [0.4, 0.5) is 52.7 Å². The van der Waals surface area contributed by atoms with Crippen LogP contribution in [-0.4, -0.2) is 40.8 Å². The number of halogens is 12. The van der Waals surface area contributed by atoms with Crippen LogP contribution in [0.25, 0.3) is 33.2 Å². The highest BCUT2D eigenvalue weighted by atomic mass is 19.4. The Bertz CT molecular complexity index is 2240. The lowest BCUT2D eigenvalue weighted by Crippen LogP contribution is -2.67. The number of pyridine rings is 1. The molecule has 1 N–H and O–H groups in total. The van der Waals surface area contributed by atoms with E-state index in [1.165, 1.54) is 25.4 Å². The molecule has 312 valence electrons. The van der Waals surface area contributed by atoms with Crippen molar-refractivity contribution in [3.05, 3.63) is 131 Å². The summed E-state index contributed by atoms with van der Waals surface area (Å²) in [6.07, 6.45) is -17.7. The van der Waals surface area contributed by atoms with Gasteiger partial charge in [-0.1, -0.05) is 6.08 Å². The maximum absolute atomic E-state index is 14.0. The number of hydrogen-bond donors (Lipinski definition) is 1. The molecule has 59 heavy (non-hydrogen) atoms. The van der Waals surface area contributed by atoms with Crippen molar-refractivity contribution >= 4 is 10.9 Å². The number of hydrogen-bond acceptors (Lipinski definition) is 3. The summed E-state index contributed by atoms with van der Waals surface area (Å²) >= 11 is 0. The van der Waals surface area contributed by atoms with Gasteiger partial charge in [0.05, 0.1) is 48.0 Å². The quantitative estimate of drug-likeness (QED) is 0.0961. The number of rotatable bonds is 8. The van der Waals surface area contributed by atoms with Crippen LogP contribution in [0.5, 0.6) is 5.75 Å². The van der Waals surface area contributed by atoms with Gasteiger partial charge in [-0.05, 0) is 113 Å². The molecule has 3 saturated heterocycles. The molecule has 4 heterocycles. The molecule has 5 atom stereocenters. The van der Waals surface area contributed by atoms with Crippen LogP contribution in [0, 0.1) is 11.8 Å². The fraction of sp³-hybridized carbons (Fsp3) is 0.326. The van der Waals surface area contributed by atoms with E-state index in [4.69, 9.17) is 4.74 Å². The SMILES string of the molecule is C=C[C@H]1C[N+]2(Cc3cc(-c4cc(C(F)(F)F)cc(C(F)(F)F)c4)cc(-c4cc(C(F)(F)F)cc(C(F)(F)F)c4)c3)CC[C@H]1C[C@@H]2[C@@H](O)c1ccnc2ccc(OC)cc12. The Balaban J connectivity index is 1.44. The molecule has 0 aliphatic carbocycles. The van der Waals surface area contributed by atoms with Gasteiger partial charge in [-0.25, -0.2) is 0 Å². The van der Waals surface area contributed by atoms with Crippen molar-refractivity contribution in [2.75, 3.05) is 20.2 Å². The number of fused-ring (bicyclic) bond motifs is 4. The molecule has 4 nitrogen and oxygen atoms in total. The predicted octanol–water partition coefficient (Wildman–Crippen LogP) is 12.3. The predicted molar refractivity (Wildman–Crippen MR) is 194 cm³/mol. The largest absolute Gasteiger partial charge is 0.497 e. The molecule has 1 aromatic heterocycles. The van der Waals surface area contributed by atoms with E-state index in [-0.39, 0.29) is 51.7 Å². The van der Waals surface area contributed by atoms with E-state index in [2.05, 4.69) is 11.6 Å². The van der Waals surface area contributed by atoms with Crippen molar-refractivity contribution in [3.63, 3.8) is 0 Å². The molecule has 3 aliphatic rings. The van der Waals surface area contributed by atoms with Crippen LogP contribution in [0.15, 0.2) is 97.7 Å². The molecule has 16 heteroatoms. The Kier molecular flexibility index (Phi) is 10.6. The number of piperidine rings is 3. The first-order valence-corrected chi connectivity index (χ1v) is 18.3. The molecule has 5 aromatic rings. The highest BCUT2D eigenvalue weighted by Crippen LogP contribution is 2.49. The lowest BCUT2D eigenvalue weighted by Gasteiger charge is -2.58. The first-order chi connectivity index (χ1) is 27.5. The maximum atomic E-state index is 14.0. The Morgan fingerprint density at radius 3 is 1.71 bits per heavy atom. The van der Waals surface area contributed by atoms with Gasteiger partial charge >= 0.3 is 24.7 Å². The Labute approximate surface area is 330 Å². The topological polar surface area (TPSA) is 42.4 Å². The summed E-state index contributed by atoms with van der Waals surface area (Å²) in [5, 5.41) is 12.9. The number of methoxy groups -OCH3 is 1. The van der Waals surface area contributed by atoms with Gasteiger partial charge in [-0.15, -0.1) is 6.58 Å². The van der Waals surface area contributed by atoms with Crippen molar-refractivity contribution in [2.24, 2.45) is 11.8 Å². The van der Waals surface area contributed by atoms with Crippen LogP contribution < -0.4 is 4.74 Å². The number of quaternary nitrogens is 1. The van der Waals surface area contributed by atoms with Crippen molar-refractivity contribution in [1.82, 2.24) is 4.98 Å². The lowest BCUT2D eigenvalue weighted by molar-refractivity contribution is -0.984. The fourth-order valence-corrected chi connectivity index (χ4v) is 8.84. The van der Waals surface area contributed by atoms with Gasteiger partial charge in [-0.3, -0.25) is 4.98 Å². The summed E-state index contributed by atoms with van der Waals surface area (Å²) in [5.41, 5.74) is -7.23. The first-order valence-electron chi connectivity index (χ1n) is 18.3. The molecule has 8 rings (SSSR count). The van der Waals surface area contributed by atoms with E-state index in [0.717, 1.165) is 6.07 Å². The minimum absolute atomic E-state index is 0.0534. The fourth-order valence-electron chi connectivity index (χ4n) is 8.84. The minimum Gasteiger partial charge on any atom is -0.497 e. The minimum atomic E-state index is -5.25. The average molecular weight is 840 g/mol. The number of aromatic nitrogens is 1. The van der Waals surface area contributed by atoms with Crippen molar-refractivity contribution in [2.45, 2.75) is 56.2 Å². The zero-order valence-electron chi connectivity index (χ0n) is 31.0. The average Bonchev–Trinajstić information content (AvgIpc) is 3.18. The van der Waals surface area contributed by atoms with E-state index < -0.39 is 70.2 Å². The zero-order valence-corrected chi connectivity index (χ0v) is 31.0. The van der Waals surface area contributed by atoms with Crippen LogP contribution in [0.1, 0.15) is 52.3 Å². The molecule has 1 unspecified atom stereocenters. The van der Waals surface area contributed by atoms with E-state index in [9.17, 15) is 57.8 Å². The normalized spacial score (nSPS) is 21.8. The molecular weight excluding hydrogens is 804 g/mol. The number of benzene rings is 4. The second-order valence-electron chi connectivity index (χ2n) is 15.3. The van der Waals surface area contributed by atoms with Gasteiger partial charge in [0.25, 0.3) is 0 Å². The summed E-state index contributed by atoms with van der Waals surface area (Å²) in [7, 11) is 1.48. The highest BCUT2D eigenvalue weighted by molar-refractivity contribution is 5.84. The zero-order chi connectivity index (χ0) is 42.9. The van der Waals surface area contributed by atoms with Gasteiger partial charge in [0.15, 0.2) is 0 Å². The summed E-state index contributed by atoms with van der Waals surface area (Å²) < 4.78 is 174. The third-order valence-corrected chi connectivity index (χ3v) is 11.7. The number of aliphatic hydroxyl groups is 1. The second-order valence-corrected chi connectivity index (χ2v) is 15.3. The first kappa shape index (κ1) is 42.0. The van der Waals surface area contributed by atoms with Crippen LogP contribution in [-0.2, 0) is 31.2 Å². The standard InChI is InChI=1S/C43H35F12N2O2/c1-3-24-22-57(9-7-25(24)17-38(57)39(58)35-6-8-56-37-5-4-34(59-2)20-36(35)37)21-23-10-26(28-13-30(40(44,45)46)18-31(14-28)41(47,48)49)12-27(11-23)29-15-32(42(50,51)52)19-33(16-29)43(53,54)55/h3-6,8,10-16,18-20,24-25,38-39,58H,1,7,9,17,21-22H2,2H3/q+1/t24-,25-,38+,39-,57?/m0/s1. The summed E-state index contributed by atoms with van der Waals surface area (Å²) in [4.78, 5) is 4.40. The molecule has 3 aliphatic heterocycles. The molecule has 3 fully saturated rings. The van der Waals surface area contributed by atoms with Gasteiger partial charge in [0, 0.05) is 35.9 Å². The van der Waals surface area contributed by atoms with E-state index in [1.807, 2.05) is 0 Å². The molecule has 0 spiro atoms. The van der Waals surface area contributed by atoms with E-state index in [0.29, 0.717) is 72.4 Å². The summed E-state index contributed by atoms with van der Waals surface area (Å²) in [6.45, 7) is 4.75. The van der Waals surface area contributed by atoms with E-state index >= 15 is 0 Å². The number of nitrogens with zero attached hydrogens (tertiary/aromatic N) is 2. The molecule has 2 bridgehead atoms. The smallest absolute Gasteiger partial charge is 0.416 e. The lowest BCUT2D eigenvalue weighted by atomic mass is 9.71. The van der Waals surface area contributed by atoms with Gasteiger partial charge < -0.3 is 14.3 Å². The van der Waals surface area contributed by atoms with Crippen molar-refractivity contribution in [1.29, 1.82) is 0 Å². The second kappa shape index (κ2) is 14.9. The molecule has 4 aromatic carbocycles. The molecular formula is C43H35F12N2O2+. The number of aliphatic hydroxyl groups excluding tert-OH is 1. The van der Waals surface area contributed by atoms with Gasteiger partial charge in [0.2, 0.25) is 0 Å². The third-order valence-electron chi connectivity index (χ3n) is 11.7. The van der Waals surface area contributed by atoms with Crippen LogP contribution >= 0.6 is 0 Å². The van der Waals surface area contributed by atoms with Gasteiger partial charge in [0.1, 0.15) is 24.4 Å². The summed E-state index contributed by atoms with van der Waals surface area (Å²) in [6, 6.07) is 11.5. The van der Waals surface area contributed by atoms with Gasteiger partial charge in [-0.2, -0.15) is 52.7 Å². The van der Waals surface area contributed by atoms with Crippen molar-refractivity contribution < 1.29 is 67.0 Å². The molecule has 0 saturated carbocycles. The maximum Gasteiger partial charge on any atom is 0.416 e. The molecule has 0 amide bonds. The van der Waals surface area contributed by atoms with Crippen LogP contribution in [0.2, 0.25) is 0 Å². The Hall–Kier alpha value is -5.09. The third kappa shape index (κ3) is 8.38. The Morgan fingerprint density at radius 2 is 1.24 bits per heavy atom. The van der Waals surface area contributed by atoms with E-state index in [1.54, 1.807) is 30.3 Å².